The van der Waals surface area contributed by atoms with Gasteiger partial charge in [0.2, 0.25) is 0 Å². The monoisotopic (exact) mass is 305 g/mol. The number of unbranched alkanes of at least 4 members (excludes halogenated alkanes) is 2. The van der Waals surface area contributed by atoms with Gasteiger partial charge in [-0.25, -0.2) is 9.59 Å². The third-order valence-electron chi connectivity index (χ3n) is 3.97. The smallest absolute Gasteiger partial charge is 0.405 e. The lowest BCUT2D eigenvalue weighted by molar-refractivity contribution is -0.151. The van der Waals surface area contributed by atoms with Crippen molar-refractivity contribution in [2.75, 3.05) is 0 Å². The number of hydrogen-bond acceptors (Lipinski definition) is 3. The van der Waals surface area contributed by atoms with Gasteiger partial charge in [0.15, 0.2) is 0 Å². The zero-order valence-electron chi connectivity index (χ0n) is 12.9. The maximum absolute atomic E-state index is 12.2. The topological polar surface area (TPSA) is 75.6 Å². The number of carbonyl (C=O) groups is 2. The molecule has 0 spiro atoms. The first-order chi connectivity index (χ1) is 10.6. The first-order valence-electron chi connectivity index (χ1n) is 7.87. The summed E-state index contributed by atoms with van der Waals surface area (Å²) in [6.45, 7) is 2.06. The van der Waals surface area contributed by atoms with Crippen LogP contribution in [0.25, 0.3) is 0 Å². The van der Waals surface area contributed by atoms with Crippen LogP contribution < -0.4 is 5.32 Å². The number of hydrogen-bond donors (Lipinski definition) is 2. The van der Waals surface area contributed by atoms with Gasteiger partial charge in [-0.3, -0.25) is 0 Å². The molecule has 120 valence electrons. The molecule has 1 aromatic rings. The summed E-state index contributed by atoms with van der Waals surface area (Å²) in [6, 6.07) is 7.26. The van der Waals surface area contributed by atoms with Crippen LogP contribution in [0.3, 0.4) is 0 Å². The van der Waals surface area contributed by atoms with Gasteiger partial charge in [-0.15, -0.1) is 0 Å². The number of esters is 1. The maximum atomic E-state index is 12.2. The SMILES string of the molecule is CCCCCC(NC(=O)O)C(=O)OC1Cc2ccccc2C1. The van der Waals surface area contributed by atoms with Crippen LogP contribution in [-0.4, -0.2) is 29.3 Å². The standard InChI is InChI=1S/C17H23NO4/c1-2-3-4-9-15(18-17(20)21)16(19)22-14-10-12-7-5-6-8-13(12)11-14/h5-8,14-15,18H,2-4,9-11H2,1H3,(H,20,21). The Kier molecular flexibility index (Phi) is 5.81. The third-order valence-corrected chi connectivity index (χ3v) is 3.97. The molecule has 1 aromatic carbocycles. The van der Waals surface area contributed by atoms with Crippen LogP contribution in [0.4, 0.5) is 4.79 Å². The summed E-state index contributed by atoms with van der Waals surface area (Å²) in [5.41, 5.74) is 2.41. The largest absolute Gasteiger partial charge is 0.465 e. The molecule has 22 heavy (non-hydrogen) atoms. The minimum Gasteiger partial charge on any atom is -0.465 e. The minimum absolute atomic E-state index is 0.186. The van der Waals surface area contributed by atoms with Crippen molar-refractivity contribution in [1.29, 1.82) is 0 Å². The van der Waals surface area contributed by atoms with E-state index in [1.165, 1.54) is 11.1 Å². The highest BCUT2D eigenvalue weighted by atomic mass is 16.5. The van der Waals surface area contributed by atoms with Crippen molar-refractivity contribution in [3.8, 4) is 0 Å². The number of nitrogens with one attached hydrogen (secondary N) is 1. The Morgan fingerprint density at radius 3 is 2.45 bits per heavy atom. The molecule has 0 bridgehead atoms. The fourth-order valence-corrected chi connectivity index (χ4v) is 2.84. The molecule has 0 aromatic heterocycles. The van der Waals surface area contributed by atoms with E-state index in [0.29, 0.717) is 19.3 Å². The van der Waals surface area contributed by atoms with Gasteiger partial charge in [0.1, 0.15) is 12.1 Å². The Bertz CT molecular complexity index is 504. The predicted molar refractivity (Wildman–Crippen MR) is 82.8 cm³/mol. The molecule has 5 nitrogen and oxygen atoms in total. The van der Waals surface area contributed by atoms with Crippen molar-refractivity contribution in [3.05, 3.63) is 35.4 Å². The second-order valence-corrected chi connectivity index (χ2v) is 5.73. The number of ether oxygens (including phenoxy) is 1. The van der Waals surface area contributed by atoms with Crippen molar-refractivity contribution < 1.29 is 19.4 Å². The maximum Gasteiger partial charge on any atom is 0.405 e. The van der Waals surface area contributed by atoms with Crippen molar-refractivity contribution in [3.63, 3.8) is 0 Å². The minimum atomic E-state index is -1.19. The lowest BCUT2D eigenvalue weighted by atomic mass is 10.1. The number of carbonyl (C=O) groups excluding carboxylic acids is 1. The van der Waals surface area contributed by atoms with Crippen LogP contribution in [0.2, 0.25) is 0 Å². The molecule has 0 heterocycles. The van der Waals surface area contributed by atoms with Crippen molar-refractivity contribution in [2.45, 2.75) is 57.6 Å². The molecule has 0 radical (unpaired) electrons. The molecule has 0 saturated carbocycles. The molecule has 1 unspecified atom stereocenters. The second-order valence-electron chi connectivity index (χ2n) is 5.73. The van der Waals surface area contributed by atoms with Crippen molar-refractivity contribution in [2.24, 2.45) is 0 Å². The van der Waals surface area contributed by atoms with Gasteiger partial charge in [0.25, 0.3) is 0 Å². The normalized spacial score (nSPS) is 15.1. The summed E-state index contributed by atoms with van der Waals surface area (Å²) < 4.78 is 5.52. The lowest BCUT2D eigenvalue weighted by Crippen LogP contribution is -2.42. The van der Waals surface area contributed by atoms with E-state index >= 15 is 0 Å². The van der Waals surface area contributed by atoms with Crippen LogP contribution in [0.5, 0.6) is 0 Å². The van der Waals surface area contributed by atoms with Crippen LogP contribution >= 0.6 is 0 Å². The van der Waals surface area contributed by atoms with Gasteiger partial charge in [0.05, 0.1) is 0 Å². The first-order valence-corrected chi connectivity index (χ1v) is 7.87. The van der Waals surface area contributed by atoms with Crippen molar-refractivity contribution in [1.82, 2.24) is 5.32 Å². The average Bonchev–Trinajstić information content (AvgIpc) is 2.88. The number of benzene rings is 1. The first kappa shape index (κ1) is 16.3. The summed E-state index contributed by atoms with van der Waals surface area (Å²) in [5.74, 6) is -0.462. The Morgan fingerprint density at radius 2 is 1.91 bits per heavy atom. The Hall–Kier alpha value is -2.04. The van der Waals surface area contributed by atoms with Crippen LogP contribution in [-0.2, 0) is 22.4 Å². The molecule has 1 amide bonds. The van der Waals surface area contributed by atoms with Gasteiger partial charge < -0.3 is 15.2 Å². The number of rotatable bonds is 7. The van der Waals surface area contributed by atoms with E-state index in [1.807, 2.05) is 24.3 Å². The van der Waals surface area contributed by atoms with E-state index in [9.17, 15) is 9.59 Å². The summed E-state index contributed by atoms with van der Waals surface area (Å²) in [7, 11) is 0. The Balaban J connectivity index is 1.89. The third kappa shape index (κ3) is 4.48. The highest BCUT2D eigenvalue weighted by Crippen LogP contribution is 2.24. The van der Waals surface area contributed by atoms with E-state index in [-0.39, 0.29) is 6.10 Å². The highest BCUT2D eigenvalue weighted by molar-refractivity contribution is 5.80. The van der Waals surface area contributed by atoms with Gasteiger partial charge in [-0.2, -0.15) is 0 Å². The summed E-state index contributed by atoms with van der Waals surface area (Å²) in [4.78, 5) is 23.1. The van der Waals surface area contributed by atoms with Crippen molar-refractivity contribution >= 4 is 12.1 Å². The highest BCUT2D eigenvalue weighted by Gasteiger charge is 2.28. The number of carboxylic acid groups (broad SMARTS) is 1. The molecule has 1 atom stereocenters. The van der Waals surface area contributed by atoms with Gasteiger partial charge in [-0.05, 0) is 17.5 Å². The fraction of sp³-hybridized carbons (Fsp3) is 0.529. The fourth-order valence-electron chi connectivity index (χ4n) is 2.84. The van der Waals surface area contributed by atoms with E-state index < -0.39 is 18.1 Å². The molecule has 0 saturated heterocycles. The molecule has 1 aliphatic carbocycles. The van der Waals surface area contributed by atoms with E-state index in [4.69, 9.17) is 9.84 Å². The number of fused-ring (bicyclic) bond motifs is 1. The molecule has 1 aliphatic rings. The van der Waals surface area contributed by atoms with Gasteiger partial charge >= 0.3 is 12.1 Å². The van der Waals surface area contributed by atoms with Crippen LogP contribution in [0.15, 0.2) is 24.3 Å². The molecule has 5 heteroatoms. The summed E-state index contributed by atoms with van der Waals surface area (Å²) >= 11 is 0. The molecule has 0 aliphatic heterocycles. The molecule has 2 N–H and O–H groups in total. The molecular formula is C17H23NO4. The lowest BCUT2D eigenvalue weighted by Gasteiger charge is -2.19. The Labute approximate surface area is 130 Å². The molecule has 2 rings (SSSR count). The Morgan fingerprint density at radius 1 is 1.27 bits per heavy atom. The number of amides is 1. The summed E-state index contributed by atoms with van der Waals surface area (Å²) in [6.07, 6.45) is 3.32. The second kappa shape index (κ2) is 7.82. The molecular weight excluding hydrogens is 282 g/mol. The van der Waals surface area contributed by atoms with E-state index in [1.54, 1.807) is 0 Å². The van der Waals surface area contributed by atoms with E-state index in [2.05, 4.69) is 12.2 Å². The zero-order valence-corrected chi connectivity index (χ0v) is 12.9. The molecule has 0 fully saturated rings. The zero-order chi connectivity index (χ0) is 15.9. The van der Waals surface area contributed by atoms with Crippen LogP contribution in [0.1, 0.15) is 43.7 Å². The van der Waals surface area contributed by atoms with E-state index in [0.717, 1.165) is 19.3 Å². The van der Waals surface area contributed by atoms with Gasteiger partial charge in [0, 0.05) is 12.8 Å². The average molecular weight is 305 g/mol. The van der Waals surface area contributed by atoms with Gasteiger partial charge in [-0.1, -0.05) is 50.5 Å². The quantitative estimate of drug-likeness (QED) is 0.600. The summed E-state index contributed by atoms with van der Waals surface area (Å²) in [5, 5.41) is 11.1. The van der Waals surface area contributed by atoms with Crippen LogP contribution in [0, 0.1) is 0 Å². The predicted octanol–water partition coefficient (Wildman–Crippen LogP) is 2.91.